The number of amides is 1. The highest BCUT2D eigenvalue weighted by Gasteiger charge is 2.42. The highest BCUT2D eigenvalue weighted by Crippen LogP contribution is 2.48. The molecule has 0 bridgehead atoms. The average Bonchev–Trinajstić information content (AvgIpc) is 3.25. The summed E-state index contributed by atoms with van der Waals surface area (Å²) in [7, 11) is 2.11. The van der Waals surface area contributed by atoms with Crippen molar-refractivity contribution in [2.24, 2.45) is 5.92 Å². The number of aromatic nitrogens is 1. The molecule has 0 unspecified atom stereocenters. The number of halogens is 1. The summed E-state index contributed by atoms with van der Waals surface area (Å²) in [6, 6.07) is 15.7. The molecule has 6 nitrogen and oxygen atoms in total. The van der Waals surface area contributed by atoms with Crippen LogP contribution in [0, 0.1) is 12.8 Å². The molecule has 0 saturated carbocycles. The van der Waals surface area contributed by atoms with Gasteiger partial charge < -0.3 is 20.4 Å². The van der Waals surface area contributed by atoms with Crippen LogP contribution in [0.4, 0.5) is 17.1 Å². The number of fused-ring (bicyclic) bond motifs is 1. The summed E-state index contributed by atoms with van der Waals surface area (Å²) >= 11 is 13.1. The molecular formula is C32H36ClN5OS. The van der Waals surface area contributed by atoms with E-state index < -0.39 is 0 Å². The molecule has 5 rings (SSSR count). The standard InChI is InChI=1S/C32H36ClN5OS/c1-18(2)30(39)35-25-12-11-21(14-19(25)3)38-29(28(36-31(38)40)26-10-8-9-13-34-26)23-15-22-20(4)17-32(5,6)37(7)27(22)16-24(23)33/h8-18,28-29H,1-7H3,(H,35,39)(H,36,40)/t28-,29-/m1/s1. The summed E-state index contributed by atoms with van der Waals surface area (Å²) in [5, 5.41) is 7.83. The fourth-order valence-corrected chi connectivity index (χ4v) is 6.19. The van der Waals surface area contributed by atoms with Crippen molar-refractivity contribution in [1.82, 2.24) is 10.3 Å². The molecule has 2 N–H and O–H groups in total. The van der Waals surface area contributed by atoms with Crippen molar-refractivity contribution in [3.05, 3.63) is 88.2 Å². The maximum atomic E-state index is 12.4. The van der Waals surface area contributed by atoms with E-state index in [9.17, 15) is 4.79 Å². The number of pyridine rings is 1. The van der Waals surface area contributed by atoms with Crippen LogP contribution in [0.5, 0.6) is 0 Å². The normalized spacial score (nSPS) is 19.8. The van der Waals surface area contributed by atoms with E-state index in [0.717, 1.165) is 39.4 Å². The molecule has 3 aromatic rings. The number of hydrogen-bond donors (Lipinski definition) is 2. The zero-order valence-electron chi connectivity index (χ0n) is 24.0. The largest absolute Gasteiger partial charge is 0.365 e. The number of carbonyl (C=O) groups is 1. The maximum absolute atomic E-state index is 12.4. The highest BCUT2D eigenvalue weighted by molar-refractivity contribution is 7.80. The van der Waals surface area contributed by atoms with Crippen LogP contribution >= 0.6 is 23.8 Å². The molecule has 1 fully saturated rings. The Hall–Kier alpha value is -3.42. The Balaban J connectivity index is 1.64. The molecule has 2 aliphatic rings. The smallest absolute Gasteiger partial charge is 0.226 e. The maximum Gasteiger partial charge on any atom is 0.226 e. The second-order valence-electron chi connectivity index (χ2n) is 11.6. The van der Waals surface area contributed by atoms with E-state index in [0.29, 0.717) is 10.1 Å². The zero-order valence-corrected chi connectivity index (χ0v) is 25.6. The number of likely N-dealkylation sites (N-methyl/N-ethyl adjacent to an activating group) is 1. The Bertz CT molecular complexity index is 1520. The molecule has 0 aliphatic carbocycles. The molecule has 40 heavy (non-hydrogen) atoms. The van der Waals surface area contributed by atoms with Crippen molar-refractivity contribution >= 4 is 57.5 Å². The van der Waals surface area contributed by atoms with E-state index in [1.807, 2.05) is 51.1 Å². The predicted octanol–water partition coefficient (Wildman–Crippen LogP) is 7.45. The van der Waals surface area contributed by atoms with Gasteiger partial charge in [0.1, 0.15) is 0 Å². The van der Waals surface area contributed by atoms with Crippen molar-refractivity contribution in [3.8, 4) is 0 Å². The molecular weight excluding hydrogens is 538 g/mol. The van der Waals surface area contributed by atoms with E-state index >= 15 is 0 Å². The molecule has 8 heteroatoms. The number of aryl methyl sites for hydroxylation is 1. The Morgan fingerprint density at radius 3 is 2.55 bits per heavy atom. The van der Waals surface area contributed by atoms with Gasteiger partial charge in [0.2, 0.25) is 5.91 Å². The van der Waals surface area contributed by atoms with Crippen LogP contribution in [-0.2, 0) is 4.79 Å². The topological polar surface area (TPSA) is 60.5 Å². The lowest BCUT2D eigenvalue weighted by molar-refractivity contribution is -0.118. The predicted molar refractivity (Wildman–Crippen MR) is 170 cm³/mol. The molecule has 0 spiro atoms. The van der Waals surface area contributed by atoms with Crippen LogP contribution in [0.1, 0.15) is 69.1 Å². The second-order valence-corrected chi connectivity index (χ2v) is 12.4. The summed E-state index contributed by atoms with van der Waals surface area (Å²) in [4.78, 5) is 21.4. The first-order chi connectivity index (χ1) is 18.9. The quantitative estimate of drug-likeness (QED) is 0.309. The third-order valence-electron chi connectivity index (χ3n) is 8.02. The summed E-state index contributed by atoms with van der Waals surface area (Å²) < 4.78 is 0. The molecule has 1 amide bonds. The van der Waals surface area contributed by atoms with Crippen LogP contribution in [0.3, 0.4) is 0 Å². The molecule has 2 atom stereocenters. The van der Waals surface area contributed by atoms with Crippen molar-refractivity contribution in [1.29, 1.82) is 0 Å². The van der Waals surface area contributed by atoms with E-state index in [2.05, 4.69) is 77.5 Å². The highest BCUT2D eigenvalue weighted by atomic mass is 35.5. The number of allylic oxidation sites excluding steroid dienone is 1. The van der Waals surface area contributed by atoms with Crippen molar-refractivity contribution in [2.75, 3.05) is 22.2 Å². The Morgan fingerprint density at radius 2 is 1.90 bits per heavy atom. The van der Waals surface area contributed by atoms with Crippen LogP contribution in [0.15, 0.2) is 60.8 Å². The SMILES string of the molecule is CC1=CC(C)(C)N(C)c2cc(Cl)c([C@@H]3[C@@H](c4ccccn4)NC(=S)N3c3ccc(NC(=O)C(C)C)c(C)c3)cc21. The molecule has 1 aromatic heterocycles. The van der Waals surface area contributed by atoms with Crippen LogP contribution in [0.2, 0.25) is 5.02 Å². The van der Waals surface area contributed by atoms with E-state index in [1.165, 1.54) is 5.57 Å². The van der Waals surface area contributed by atoms with Gasteiger partial charge in [0.15, 0.2) is 5.11 Å². The van der Waals surface area contributed by atoms with Crippen molar-refractivity contribution < 1.29 is 4.79 Å². The Labute approximate surface area is 247 Å². The van der Waals surface area contributed by atoms with Gasteiger partial charge in [-0.1, -0.05) is 37.6 Å². The lowest BCUT2D eigenvalue weighted by atomic mass is 9.86. The van der Waals surface area contributed by atoms with Gasteiger partial charge in [-0.2, -0.15) is 0 Å². The monoisotopic (exact) mass is 573 g/mol. The lowest BCUT2D eigenvalue weighted by Gasteiger charge is -2.41. The van der Waals surface area contributed by atoms with Gasteiger partial charge in [0.05, 0.1) is 23.3 Å². The first kappa shape index (κ1) is 28.1. The van der Waals surface area contributed by atoms with Crippen LogP contribution in [-0.4, -0.2) is 28.6 Å². The number of rotatable bonds is 5. The van der Waals surface area contributed by atoms with E-state index in [-0.39, 0.29) is 29.4 Å². The van der Waals surface area contributed by atoms with Gasteiger partial charge in [0, 0.05) is 46.8 Å². The minimum Gasteiger partial charge on any atom is -0.365 e. The van der Waals surface area contributed by atoms with Crippen molar-refractivity contribution in [3.63, 3.8) is 0 Å². The number of hydrogen-bond acceptors (Lipinski definition) is 4. The summed E-state index contributed by atoms with van der Waals surface area (Å²) in [5.74, 6) is -0.120. The zero-order chi connectivity index (χ0) is 28.9. The molecule has 0 radical (unpaired) electrons. The molecule has 2 aromatic carbocycles. The van der Waals surface area contributed by atoms with Crippen molar-refractivity contribution in [2.45, 2.75) is 59.2 Å². The van der Waals surface area contributed by atoms with Gasteiger partial charge in [-0.15, -0.1) is 0 Å². The first-order valence-corrected chi connectivity index (χ1v) is 14.4. The molecule has 3 heterocycles. The van der Waals surface area contributed by atoms with Gasteiger partial charge >= 0.3 is 0 Å². The number of anilines is 3. The Morgan fingerprint density at radius 1 is 1.15 bits per heavy atom. The summed E-state index contributed by atoms with van der Waals surface area (Å²) in [5.41, 5.74) is 7.87. The van der Waals surface area contributed by atoms with Gasteiger partial charge in [0.25, 0.3) is 0 Å². The summed E-state index contributed by atoms with van der Waals surface area (Å²) in [6.45, 7) is 12.3. The number of nitrogens with zero attached hydrogens (tertiary/aromatic N) is 3. The van der Waals surface area contributed by atoms with Crippen LogP contribution in [0.25, 0.3) is 5.57 Å². The van der Waals surface area contributed by atoms with Crippen LogP contribution < -0.4 is 20.4 Å². The summed E-state index contributed by atoms with van der Waals surface area (Å²) in [6.07, 6.45) is 4.10. The van der Waals surface area contributed by atoms with E-state index in [1.54, 1.807) is 6.20 Å². The fourth-order valence-electron chi connectivity index (χ4n) is 5.58. The molecule has 208 valence electrons. The minimum absolute atomic E-state index is 0.0142. The number of nitrogens with one attached hydrogen (secondary N) is 2. The fraction of sp³-hybridized carbons (Fsp3) is 0.344. The number of carbonyl (C=O) groups excluding carboxylic acids is 1. The van der Waals surface area contributed by atoms with Gasteiger partial charge in [-0.25, -0.2) is 0 Å². The third-order valence-corrected chi connectivity index (χ3v) is 8.66. The number of thiocarbonyl (C=S) groups is 1. The van der Waals surface area contributed by atoms with Gasteiger partial charge in [-0.05, 0) is 99.1 Å². The van der Waals surface area contributed by atoms with E-state index in [4.69, 9.17) is 23.8 Å². The molecule has 1 saturated heterocycles. The number of benzene rings is 2. The third kappa shape index (κ3) is 4.97. The first-order valence-electron chi connectivity index (χ1n) is 13.6. The average molecular weight is 574 g/mol. The minimum atomic E-state index is -0.247. The molecule has 2 aliphatic heterocycles. The lowest BCUT2D eigenvalue weighted by Crippen LogP contribution is -2.42. The second kappa shape index (κ2) is 10.5. The Kier molecular flexibility index (Phi) is 7.40. The van der Waals surface area contributed by atoms with Gasteiger partial charge in [-0.3, -0.25) is 9.78 Å².